The number of rotatable bonds is 1. The summed E-state index contributed by atoms with van der Waals surface area (Å²) >= 11 is 5.43. The van der Waals surface area contributed by atoms with E-state index in [2.05, 4.69) is 0 Å². The summed E-state index contributed by atoms with van der Waals surface area (Å²) in [5.41, 5.74) is -0.394. The molecule has 0 bridgehead atoms. The maximum Gasteiger partial charge on any atom is 1.00 e. The summed E-state index contributed by atoms with van der Waals surface area (Å²) in [6, 6.07) is 3.77. The molecule has 0 aliphatic rings. The molecule has 0 unspecified atom stereocenters. The van der Waals surface area contributed by atoms with Crippen molar-refractivity contribution in [1.29, 1.82) is 0 Å². The smallest absolute Gasteiger partial charge is 0.445 e. The van der Waals surface area contributed by atoms with Crippen LogP contribution < -0.4 is 56.8 Å². The van der Waals surface area contributed by atoms with Crippen LogP contribution in [0.15, 0.2) is 18.2 Å². The first-order chi connectivity index (χ1) is 5.41. The van der Waals surface area contributed by atoms with Crippen molar-refractivity contribution >= 4 is 24.0 Å². The van der Waals surface area contributed by atoms with E-state index in [1.54, 1.807) is 0 Å². The molecular weight excluding hydrogens is 226 g/mol. The molecule has 0 aliphatic carbocycles. The molecule has 0 aromatic heterocycles. The van der Waals surface area contributed by atoms with Gasteiger partial charge in [0.1, 0.15) is 0 Å². The van der Waals surface area contributed by atoms with Gasteiger partial charge in [0, 0.05) is 5.02 Å². The standard InChI is InChI=1S/C7H6BClF3.K/c1-5-2-3-6(9)4-7(5)8(10,11)12;/h2-4H,1H3;/q-1;+1. The molecule has 0 nitrogen and oxygen atoms in total. The molecule has 1 aromatic rings. The normalized spacial score (nSPS) is 10.8. The zero-order chi connectivity index (χ0) is 9.35. The van der Waals surface area contributed by atoms with Gasteiger partial charge in [0.2, 0.25) is 0 Å². The van der Waals surface area contributed by atoms with E-state index in [0.717, 1.165) is 6.07 Å². The zero-order valence-electron chi connectivity index (χ0n) is 7.32. The summed E-state index contributed by atoms with van der Waals surface area (Å²) in [7, 11) is 0. The van der Waals surface area contributed by atoms with Crippen LogP contribution in [0.5, 0.6) is 0 Å². The van der Waals surface area contributed by atoms with Crippen LogP contribution in [0.3, 0.4) is 0 Å². The van der Waals surface area contributed by atoms with Gasteiger partial charge in [-0.05, 0) is 13.0 Å². The van der Waals surface area contributed by atoms with Crippen LogP contribution in [-0.4, -0.2) is 6.98 Å². The SMILES string of the molecule is Cc1ccc(Cl)cc1[B-](F)(F)F.[K+]. The van der Waals surface area contributed by atoms with Crippen molar-refractivity contribution in [3.63, 3.8) is 0 Å². The van der Waals surface area contributed by atoms with E-state index in [-0.39, 0.29) is 62.0 Å². The van der Waals surface area contributed by atoms with Crippen molar-refractivity contribution in [2.45, 2.75) is 6.92 Å². The first-order valence-corrected chi connectivity index (χ1v) is 3.75. The Kier molecular flexibility index (Phi) is 5.59. The summed E-state index contributed by atoms with van der Waals surface area (Å²) in [4.78, 5) is 0. The fraction of sp³-hybridized carbons (Fsp3) is 0.143. The molecule has 0 amide bonds. The van der Waals surface area contributed by atoms with Crippen LogP contribution in [0, 0.1) is 6.92 Å². The quantitative estimate of drug-likeness (QED) is 0.584. The molecule has 1 rings (SSSR count). The molecule has 0 heterocycles. The summed E-state index contributed by atoms with van der Waals surface area (Å²) in [5.74, 6) is 0. The van der Waals surface area contributed by atoms with Crippen molar-refractivity contribution < 1.29 is 64.3 Å². The topological polar surface area (TPSA) is 0 Å². The van der Waals surface area contributed by atoms with E-state index in [9.17, 15) is 12.9 Å². The fourth-order valence-corrected chi connectivity index (χ4v) is 1.14. The van der Waals surface area contributed by atoms with Gasteiger partial charge in [0.15, 0.2) is 0 Å². The van der Waals surface area contributed by atoms with Crippen LogP contribution in [-0.2, 0) is 0 Å². The molecular formula is C7H6BClF3K. The Labute approximate surface area is 122 Å². The Hall–Kier alpha value is 1.00. The summed E-state index contributed by atoms with van der Waals surface area (Å²) in [6.45, 7) is -3.52. The van der Waals surface area contributed by atoms with Crippen molar-refractivity contribution in [2.75, 3.05) is 0 Å². The maximum atomic E-state index is 12.2. The first-order valence-electron chi connectivity index (χ1n) is 3.37. The van der Waals surface area contributed by atoms with Gasteiger partial charge in [-0.1, -0.05) is 29.3 Å². The molecule has 0 aliphatic heterocycles. The molecule has 0 saturated carbocycles. The average molecular weight is 232 g/mol. The second kappa shape index (κ2) is 5.19. The van der Waals surface area contributed by atoms with Crippen LogP contribution in [0.2, 0.25) is 5.02 Å². The van der Waals surface area contributed by atoms with Crippen LogP contribution in [0.25, 0.3) is 0 Å². The number of hydrogen-bond donors (Lipinski definition) is 0. The minimum absolute atomic E-state index is 0. The Balaban J connectivity index is 0.00000144. The zero-order valence-corrected chi connectivity index (χ0v) is 11.2. The van der Waals surface area contributed by atoms with Gasteiger partial charge >= 0.3 is 58.4 Å². The summed E-state index contributed by atoms with van der Waals surface area (Å²) in [5, 5.41) is 0.120. The molecule has 66 valence electrons. The second-order valence-corrected chi connectivity index (χ2v) is 3.01. The number of benzene rings is 1. The molecule has 6 heteroatoms. The summed E-state index contributed by atoms with van der Waals surface area (Å²) < 4.78 is 36.7. The molecule has 0 saturated heterocycles. The Bertz CT molecular complexity index is 300. The van der Waals surface area contributed by atoms with Crippen molar-refractivity contribution in [2.24, 2.45) is 0 Å². The Morgan fingerprint density at radius 1 is 1.23 bits per heavy atom. The van der Waals surface area contributed by atoms with Gasteiger partial charge in [-0.3, -0.25) is 0 Å². The number of aryl methyl sites for hydroxylation is 1. The number of hydrogen-bond acceptors (Lipinski definition) is 0. The molecule has 0 fully saturated rings. The van der Waals surface area contributed by atoms with Crippen LogP contribution >= 0.6 is 11.6 Å². The van der Waals surface area contributed by atoms with Gasteiger partial charge in [0.25, 0.3) is 0 Å². The number of halogens is 4. The van der Waals surface area contributed by atoms with Crippen molar-refractivity contribution in [3.8, 4) is 0 Å². The van der Waals surface area contributed by atoms with E-state index in [1.807, 2.05) is 0 Å². The molecule has 0 atom stereocenters. The third kappa shape index (κ3) is 3.93. The van der Waals surface area contributed by atoms with E-state index in [1.165, 1.54) is 19.1 Å². The average Bonchev–Trinajstić information content (AvgIpc) is 1.92. The third-order valence-corrected chi connectivity index (χ3v) is 1.83. The van der Waals surface area contributed by atoms with Gasteiger partial charge in [-0.2, -0.15) is 0 Å². The van der Waals surface area contributed by atoms with Crippen LogP contribution in [0.4, 0.5) is 12.9 Å². The molecule has 0 N–H and O–H groups in total. The van der Waals surface area contributed by atoms with E-state index < -0.39 is 12.4 Å². The third-order valence-electron chi connectivity index (χ3n) is 1.59. The molecule has 0 spiro atoms. The fourth-order valence-electron chi connectivity index (χ4n) is 0.964. The maximum absolute atomic E-state index is 12.2. The molecule has 0 radical (unpaired) electrons. The second-order valence-electron chi connectivity index (χ2n) is 2.58. The van der Waals surface area contributed by atoms with E-state index >= 15 is 0 Å². The van der Waals surface area contributed by atoms with Crippen LogP contribution in [0.1, 0.15) is 5.56 Å². The Morgan fingerprint density at radius 2 is 1.77 bits per heavy atom. The minimum Gasteiger partial charge on any atom is -0.445 e. The van der Waals surface area contributed by atoms with E-state index in [4.69, 9.17) is 11.6 Å². The molecule has 13 heavy (non-hydrogen) atoms. The van der Waals surface area contributed by atoms with Gasteiger partial charge in [0.05, 0.1) is 0 Å². The van der Waals surface area contributed by atoms with Crippen molar-refractivity contribution in [3.05, 3.63) is 28.8 Å². The van der Waals surface area contributed by atoms with Gasteiger partial charge in [-0.15, -0.1) is 5.46 Å². The predicted octanol–water partition coefficient (Wildman–Crippen LogP) is -0.293. The van der Waals surface area contributed by atoms with Crippen molar-refractivity contribution in [1.82, 2.24) is 0 Å². The minimum atomic E-state index is -4.93. The predicted molar refractivity (Wildman–Crippen MR) is 44.9 cm³/mol. The monoisotopic (exact) mass is 232 g/mol. The van der Waals surface area contributed by atoms with Gasteiger partial charge < -0.3 is 12.9 Å². The Morgan fingerprint density at radius 3 is 2.15 bits per heavy atom. The summed E-state index contributed by atoms with van der Waals surface area (Å²) in [6.07, 6.45) is 0. The first kappa shape index (κ1) is 14.0. The van der Waals surface area contributed by atoms with E-state index in [0.29, 0.717) is 0 Å². The van der Waals surface area contributed by atoms with Gasteiger partial charge in [-0.25, -0.2) is 0 Å². The molecule has 1 aromatic carbocycles. The largest absolute Gasteiger partial charge is 1.00 e.